The van der Waals surface area contributed by atoms with Gasteiger partial charge in [-0.15, -0.1) is 0 Å². The van der Waals surface area contributed by atoms with E-state index in [1.807, 2.05) is 12.1 Å². The van der Waals surface area contributed by atoms with Crippen molar-refractivity contribution >= 4 is 28.3 Å². The van der Waals surface area contributed by atoms with Gasteiger partial charge in [0.05, 0.1) is 6.61 Å². The molecule has 3 heteroatoms. The number of hydrogen-bond acceptors (Lipinski definition) is 2. The van der Waals surface area contributed by atoms with E-state index in [2.05, 4.69) is 71.2 Å². The van der Waals surface area contributed by atoms with Gasteiger partial charge in [-0.05, 0) is 71.0 Å². The van der Waals surface area contributed by atoms with Crippen molar-refractivity contribution < 1.29 is 4.74 Å². The van der Waals surface area contributed by atoms with Gasteiger partial charge in [0.1, 0.15) is 5.75 Å². The van der Waals surface area contributed by atoms with Gasteiger partial charge in [0.2, 0.25) is 0 Å². The molecular weight excluding hydrogens is 349 g/mol. The fourth-order valence-electron chi connectivity index (χ4n) is 1.70. The summed E-state index contributed by atoms with van der Waals surface area (Å²) in [5, 5.41) is 3.41. The highest BCUT2D eigenvalue weighted by Gasteiger charge is 1.96. The molecule has 0 spiro atoms. The van der Waals surface area contributed by atoms with Crippen molar-refractivity contribution in [2.45, 2.75) is 19.9 Å². The summed E-state index contributed by atoms with van der Waals surface area (Å²) in [6, 6.07) is 16.7. The lowest BCUT2D eigenvalue weighted by molar-refractivity contribution is 0.317. The Kier molecular flexibility index (Phi) is 5.51. The van der Waals surface area contributed by atoms with E-state index in [-0.39, 0.29) is 0 Å². The molecule has 2 rings (SSSR count). The third-order valence-corrected chi connectivity index (χ3v) is 3.46. The molecule has 2 aromatic carbocycles. The van der Waals surface area contributed by atoms with Crippen LogP contribution in [0.2, 0.25) is 0 Å². The van der Waals surface area contributed by atoms with Crippen molar-refractivity contribution in [2.24, 2.45) is 0 Å². The van der Waals surface area contributed by atoms with E-state index in [1.165, 1.54) is 9.13 Å². The van der Waals surface area contributed by atoms with Crippen LogP contribution in [0, 0.1) is 3.57 Å². The van der Waals surface area contributed by atoms with Gasteiger partial charge < -0.3 is 10.1 Å². The Labute approximate surface area is 128 Å². The van der Waals surface area contributed by atoms with E-state index in [0.717, 1.165) is 31.0 Å². The van der Waals surface area contributed by atoms with Crippen LogP contribution >= 0.6 is 22.6 Å². The molecular formula is C16H18INO. The fourth-order valence-corrected chi connectivity index (χ4v) is 2.05. The summed E-state index contributed by atoms with van der Waals surface area (Å²) in [4.78, 5) is 0. The van der Waals surface area contributed by atoms with Crippen LogP contribution in [-0.2, 0) is 6.54 Å². The second-order valence-electron chi connectivity index (χ2n) is 4.35. The predicted molar refractivity (Wildman–Crippen MR) is 88.7 cm³/mol. The van der Waals surface area contributed by atoms with Crippen molar-refractivity contribution in [3.05, 3.63) is 57.7 Å². The summed E-state index contributed by atoms with van der Waals surface area (Å²) in [6.45, 7) is 3.72. The van der Waals surface area contributed by atoms with Crippen LogP contribution in [0.15, 0.2) is 48.5 Å². The highest BCUT2D eigenvalue weighted by molar-refractivity contribution is 14.1. The second-order valence-corrected chi connectivity index (χ2v) is 5.60. The van der Waals surface area contributed by atoms with Crippen LogP contribution in [0.3, 0.4) is 0 Å². The van der Waals surface area contributed by atoms with Crippen LogP contribution in [0.5, 0.6) is 5.75 Å². The van der Waals surface area contributed by atoms with Crippen molar-refractivity contribution in [3.63, 3.8) is 0 Å². The Hall–Kier alpha value is -1.23. The molecule has 0 heterocycles. The van der Waals surface area contributed by atoms with E-state index in [4.69, 9.17) is 4.74 Å². The number of benzene rings is 2. The number of nitrogens with one attached hydrogen (secondary N) is 1. The van der Waals surface area contributed by atoms with Crippen molar-refractivity contribution in [3.8, 4) is 5.75 Å². The molecule has 19 heavy (non-hydrogen) atoms. The summed E-state index contributed by atoms with van der Waals surface area (Å²) in [5.41, 5.74) is 2.40. The standard InChI is InChI=1S/C16H18INO/c1-2-11-19-16-9-7-15(8-10-16)18-12-13-3-5-14(17)6-4-13/h3-10,18H,2,11-12H2,1H3. The van der Waals surface area contributed by atoms with Gasteiger partial charge in [0.25, 0.3) is 0 Å². The molecule has 0 aliphatic carbocycles. The SMILES string of the molecule is CCCOc1ccc(NCc2ccc(I)cc2)cc1. The molecule has 0 radical (unpaired) electrons. The Morgan fingerprint density at radius 3 is 2.32 bits per heavy atom. The largest absolute Gasteiger partial charge is 0.494 e. The maximum absolute atomic E-state index is 5.56. The maximum atomic E-state index is 5.56. The lowest BCUT2D eigenvalue weighted by Crippen LogP contribution is -1.99. The molecule has 2 nitrogen and oxygen atoms in total. The van der Waals surface area contributed by atoms with Crippen LogP contribution in [0.1, 0.15) is 18.9 Å². The zero-order valence-electron chi connectivity index (χ0n) is 11.0. The van der Waals surface area contributed by atoms with E-state index >= 15 is 0 Å². The predicted octanol–water partition coefficient (Wildman–Crippen LogP) is 4.69. The monoisotopic (exact) mass is 367 g/mol. The van der Waals surface area contributed by atoms with E-state index in [1.54, 1.807) is 0 Å². The molecule has 100 valence electrons. The first kappa shape index (κ1) is 14.2. The van der Waals surface area contributed by atoms with E-state index in [9.17, 15) is 0 Å². The minimum atomic E-state index is 0.773. The number of anilines is 1. The molecule has 0 atom stereocenters. The van der Waals surface area contributed by atoms with Gasteiger partial charge in [0, 0.05) is 15.8 Å². The van der Waals surface area contributed by atoms with Crippen LogP contribution in [-0.4, -0.2) is 6.61 Å². The third-order valence-electron chi connectivity index (χ3n) is 2.74. The Bertz CT molecular complexity index is 493. The normalized spacial score (nSPS) is 10.2. The van der Waals surface area contributed by atoms with Gasteiger partial charge in [-0.25, -0.2) is 0 Å². The van der Waals surface area contributed by atoms with Gasteiger partial charge in [-0.1, -0.05) is 19.1 Å². The molecule has 0 unspecified atom stereocenters. The van der Waals surface area contributed by atoms with Gasteiger partial charge >= 0.3 is 0 Å². The zero-order chi connectivity index (χ0) is 13.5. The minimum Gasteiger partial charge on any atom is -0.494 e. The first-order valence-electron chi connectivity index (χ1n) is 6.49. The molecule has 0 aromatic heterocycles. The second kappa shape index (κ2) is 7.38. The molecule has 0 fully saturated rings. The van der Waals surface area contributed by atoms with Gasteiger partial charge in [0.15, 0.2) is 0 Å². The van der Waals surface area contributed by atoms with Crippen LogP contribution in [0.4, 0.5) is 5.69 Å². The fraction of sp³-hybridized carbons (Fsp3) is 0.250. The summed E-state index contributed by atoms with van der Waals surface area (Å²) in [6.07, 6.45) is 1.03. The van der Waals surface area contributed by atoms with Crippen molar-refractivity contribution in [1.82, 2.24) is 0 Å². The zero-order valence-corrected chi connectivity index (χ0v) is 13.2. The van der Waals surface area contributed by atoms with Crippen molar-refractivity contribution in [1.29, 1.82) is 0 Å². The number of hydrogen-bond donors (Lipinski definition) is 1. The molecule has 0 bridgehead atoms. The molecule has 0 aliphatic rings. The van der Waals surface area contributed by atoms with Crippen molar-refractivity contribution in [2.75, 3.05) is 11.9 Å². The number of halogens is 1. The van der Waals surface area contributed by atoms with Gasteiger partial charge in [-0.2, -0.15) is 0 Å². The first-order valence-corrected chi connectivity index (χ1v) is 7.57. The Morgan fingerprint density at radius 2 is 1.68 bits per heavy atom. The van der Waals surface area contributed by atoms with E-state index < -0.39 is 0 Å². The first-order chi connectivity index (χ1) is 9.28. The lowest BCUT2D eigenvalue weighted by Gasteiger charge is -2.08. The maximum Gasteiger partial charge on any atom is 0.119 e. The minimum absolute atomic E-state index is 0.773. The molecule has 2 aromatic rings. The molecule has 0 saturated carbocycles. The summed E-state index contributed by atoms with van der Waals surface area (Å²) >= 11 is 2.32. The summed E-state index contributed by atoms with van der Waals surface area (Å²) in [5.74, 6) is 0.932. The number of ether oxygens (including phenoxy) is 1. The smallest absolute Gasteiger partial charge is 0.119 e. The third kappa shape index (κ3) is 4.74. The molecule has 0 amide bonds. The lowest BCUT2D eigenvalue weighted by atomic mass is 10.2. The number of rotatable bonds is 6. The highest BCUT2D eigenvalue weighted by Crippen LogP contribution is 2.17. The Balaban J connectivity index is 1.87. The topological polar surface area (TPSA) is 21.3 Å². The van der Waals surface area contributed by atoms with Gasteiger partial charge in [-0.3, -0.25) is 0 Å². The summed E-state index contributed by atoms with van der Waals surface area (Å²) in [7, 11) is 0. The molecule has 0 aliphatic heterocycles. The highest BCUT2D eigenvalue weighted by atomic mass is 127. The molecule has 1 N–H and O–H groups in total. The average molecular weight is 367 g/mol. The van der Waals surface area contributed by atoms with Crippen LogP contribution < -0.4 is 10.1 Å². The van der Waals surface area contributed by atoms with Crippen LogP contribution in [0.25, 0.3) is 0 Å². The summed E-state index contributed by atoms with van der Waals surface area (Å²) < 4.78 is 6.82. The Morgan fingerprint density at radius 1 is 1.00 bits per heavy atom. The average Bonchev–Trinajstić information content (AvgIpc) is 2.46. The van der Waals surface area contributed by atoms with E-state index in [0.29, 0.717) is 0 Å². The molecule has 0 saturated heterocycles. The quantitative estimate of drug-likeness (QED) is 0.748.